The molecule has 3 heterocycles. The van der Waals surface area contributed by atoms with Crippen LogP contribution < -0.4 is 4.74 Å². The first kappa shape index (κ1) is 17.8. The monoisotopic (exact) mass is 411 g/mol. The van der Waals surface area contributed by atoms with E-state index in [9.17, 15) is 10.1 Å². The van der Waals surface area contributed by atoms with Crippen molar-refractivity contribution >= 4 is 21.6 Å². The van der Waals surface area contributed by atoms with Gasteiger partial charge in [-0.2, -0.15) is 5.10 Å². The summed E-state index contributed by atoms with van der Waals surface area (Å²) in [5, 5.41) is 15.3. The van der Waals surface area contributed by atoms with Crippen molar-refractivity contribution in [1.82, 2.24) is 19.7 Å². The molecule has 3 rings (SSSR count). The molecule has 0 aromatic carbocycles. The number of hydrogen-bond acceptors (Lipinski definition) is 7. The maximum atomic E-state index is 11.1. The molecule has 0 N–H and O–H groups in total. The summed E-state index contributed by atoms with van der Waals surface area (Å²) in [6.45, 7) is 4.38. The van der Waals surface area contributed by atoms with Crippen molar-refractivity contribution in [2.45, 2.75) is 0 Å². The molecular weight excluding hydrogens is 394 g/mol. The molecule has 2 aromatic heterocycles. The van der Waals surface area contributed by atoms with Crippen LogP contribution in [0.4, 0.5) is 5.69 Å². The maximum Gasteiger partial charge on any atom is 0.288 e. The zero-order valence-corrected chi connectivity index (χ0v) is 15.3. The first-order valence-corrected chi connectivity index (χ1v) is 8.61. The van der Waals surface area contributed by atoms with E-state index in [1.54, 1.807) is 17.9 Å². The summed E-state index contributed by atoms with van der Waals surface area (Å²) in [4.78, 5) is 17.0. The van der Waals surface area contributed by atoms with Crippen LogP contribution in [-0.4, -0.2) is 64.0 Å². The number of ether oxygens (including phenoxy) is 2. The summed E-state index contributed by atoms with van der Waals surface area (Å²) < 4.78 is 13.5. The van der Waals surface area contributed by atoms with Gasteiger partial charge in [0.05, 0.1) is 40.1 Å². The fourth-order valence-corrected chi connectivity index (χ4v) is 3.20. The maximum absolute atomic E-state index is 11.1. The molecule has 9 nitrogen and oxygen atoms in total. The van der Waals surface area contributed by atoms with Gasteiger partial charge < -0.3 is 9.47 Å². The molecule has 0 radical (unpaired) electrons. The number of hydrogen-bond donors (Lipinski definition) is 0. The van der Waals surface area contributed by atoms with Gasteiger partial charge in [-0.15, -0.1) is 0 Å². The summed E-state index contributed by atoms with van der Waals surface area (Å²) in [6.07, 6.45) is 2.84. The Hall–Kier alpha value is -2.04. The molecule has 25 heavy (non-hydrogen) atoms. The Morgan fingerprint density at radius 1 is 1.40 bits per heavy atom. The third-order valence-electron chi connectivity index (χ3n) is 3.95. The summed E-state index contributed by atoms with van der Waals surface area (Å²) in [5.41, 5.74) is 1.12. The molecule has 2 aromatic rings. The largest absolute Gasteiger partial charge is 0.476 e. The predicted molar refractivity (Wildman–Crippen MR) is 93.5 cm³/mol. The van der Waals surface area contributed by atoms with Gasteiger partial charge in [0, 0.05) is 32.7 Å². The molecule has 1 aliphatic rings. The van der Waals surface area contributed by atoms with Crippen LogP contribution in [0.25, 0.3) is 11.3 Å². The molecule has 0 bridgehead atoms. The number of nitro groups is 1. The second-order valence-corrected chi connectivity index (χ2v) is 6.42. The smallest absolute Gasteiger partial charge is 0.288 e. The molecule has 10 heteroatoms. The SMILES string of the molecule is Cn1ncc(Br)c1-c1cc([N+](=O)[O-])cnc1OCCN1CCOCC1. The minimum absolute atomic E-state index is 0.0939. The topological polar surface area (TPSA) is 95.5 Å². The normalized spacial score (nSPS) is 15.3. The summed E-state index contributed by atoms with van der Waals surface area (Å²) >= 11 is 3.42. The summed E-state index contributed by atoms with van der Waals surface area (Å²) in [6, 6.07) is 1.46. The van der Waals surface area contributed by atoms with E-state index in [0.29, 0.717) is 23.7 Å². The van der Waals surface area contributed by atoms with E-state index >= 15 is 0 Å². The van der Waals surface area contributed by atoms with Crippen LogP contribution in [0.5, 0.6) is 5.88 Å². The van der Waals surface area contributed by atoms with Gasteiger partial charge in [-0.25, -0.2) is 4.98 Å². The van der Waals surface area contributed by atoms with E-state index in [1.165, 1.54) is 12.3 Å². The second-order valence-electron chi connectivity index (χ2n) is 5.57. The quantitative estimate of drug-likeness (QED) is 0.528. The van der Waals surface area contributed by atoms with E-state index in [4.69, 9.17) is 9.47 Å². The molecule has 1 aliphatic heterocycles. The highest BCUT2D eigenvalue weighted by atomic mass is 79.9. The van der Waals surface area contributed by atoms with Crippen LogP contribution in [0, 0.1) is 10.1 Å². The van der Waals surface area contributed by atoms with Crippen molar-refractivity contribution < 1.29 is 14.4 Å². The van der Waals surface area contributed by atoms with Crippen LogP contribution in [-0.2, 0) is 11.8 Å². The van der Waals surface area contributed by atoms with E-state index in [-0.39, 0.29) is 5.69 Å². The fourth-order valence-electron chi connectivity index (χ4n) is 2.64. The van der Waals surface area contributed by atoms with Crippen molar-refractivity contribution in [2.24, 2.45) is 7.05 Å². The van der Waals surface area contributed by atoms with Crippen LogP contribution >= 0.6 is 15.9 Å². The van der Waals surface area contributed by atoms with E-state index < -0.39 is 4.92 Å². The molecule has 0 atom stereocenters. The van der Waals surface area contributed by atoms with Gasteiger partial charge >= 0.3 is 0 Å². The fraction of sp³-hybridized carbons (Fsp3) is 0.467. The van der Waals surface area contributed by atoms with E-state index in [2.05, 4.69) is 30.9 Å². The highest BCUT2D eigenvalue weighted by molar-refractivity contribution is 9.10. The van der Waals surface area contributed by atoms with Crippen molar-refractivity contribution in [2.75, 3.05) is 39.5 Å². The zero-order valence-electron chi connectivity index (χ0n) is 13.7. The third kappa shape index (κ3) is 4.14. The number of rotatable bonds is 6. The van der Waals surface area contributed by atoms with Crippen molar-refractivity contribution in [3.63, 3.8) is 0 Å². The molecule has 134 valence electrons. The zero-order chi connectivity index (χ0) is 17.8. The first-order valence-electron chi connectivity index (χ1n) is 7.81. The number of aromatic nitrogens is 3. The lowest BCUT2D eigenvalue weighted by atomic mass is 10.2. The molecular formula is C15H18BrN5O4. The number of nitrogens with zero attached hydrogens (tertiary/aromatic N) is 5. The standard InChI is InChI=1S/C15H18BrN5O4/c1-19-14(13(16)10-18-19)12-8-11(21(22)23)9-17-15(12)25-7-4-20-2-5-24-6-3-20/h8-10H,2-7H2,1H3. The number of pyridine rings is 1. The molecule has 0 unspecified atom stereocenters. The molecule has 0 saturated carbocycles. The third-order valence-corrected chi connectivity index (χ3v) is 4.53. The van der Waals surface area contributed by atoms with Crippen LogP contribution in [0.15, 0.2) is 22.9 Å². The Bertz CT molecular complexity index is 741. The molecule has 0 aliphatic carbocycles. The van der Waals surface area contributed by atoms with Gasteiger partial charge in [0.25, 0.3) is 5.69 Å². The Labute approximate surface area is 152 Å². The lowest BCUT2D eigenvalue weighted by molar-refractivity contribution is -0.385. The molecule has 1 fully saturated rings. The average molecular weight is 412 g/mol. The Kier molecular flexibility index (Phi) is 5.61. The number of morpholine rings is 1. The van der Waals surface area contributed by atoms with E-state index in [0.717, 1.165) is 37.3 Å². The second kappa shape index (κ2) is 7.89. The average Bonchev–Trinajstić information content (AvgIpc) is 2.94. The van der Waals surface area contributed by atoms with Crippen LogP contribution in [0.3, 0.4) is 0 Å². The van der Waals surface area contributed by atoms with Gasteiger partial charge in [0.15, 0.2) is 0 Å². The minimum Gasteiger partial charge on any atom is -0.476 e. The molecule has 0 amide bonds. The Morgan fingerprint density at radius 2 is 2.16 bits per heavy atom. The highest BCUT2D eigenvalue weighted by Gasteiger charge is 2.20. The predicted octanol–water partition coefficient (Wildman–Crippen LogP) is 1.86. The number of halogens is 1. The van der Waals surface area contributed by atoms with Gasteiger partial charge in [-0.1, -0.05) is 0 Å². The Morgan fingerprint density at radius 3 is 2.80 bits per heavy atom. The van der Waals surface area contributed by atoms with Gasteiger partial charge in [-0.05, 0) is 15.9 Å². The van der Waals surface area contributed by atoms with Gasteiger partial charge in [-0.3, -0.25) is 19.7 Å². The van der Waals surface area contributed by atoms with Crippen LogP contribution in [0.2, 0.25) is 0 Å². The van der Waals surface area contributed by atoms with Crippen molar-refractivity contribution in [3.05, 3.63) is 33.0 Å². The Balaban J connectivity index is 1.81. The van der Waals surface area contributed by atoms with Crippen molar-refractivity contribution in [3.8, 4) is 17.1 Å². The van der Waals surface area contributed by atoms with Gasteiger partial charge in [0.2, 0.25) is 5.88 Å². The summed E-state index contributed by atoms with van der Waals surface area (Å²) in [5.74, 6) is 0.350. The van der Waals surface area contributed by atoms with Crippen molar-refractivity contribution in [1.29, 1.82) is 0 Å². The highest BCUT2D eigenvalue weighted by Crippen LogP contribution is 2.35. The molecule has 1 saturated heterocycles. The summed E-state index contributed by atoms with van der Waals surface area (Å²) in [7, 11) is 1.76. The lowest BCUT2D eigenvalue weighted by Gasteiger charge is -2.26. The van der Waals surface area contributed by atoms with Gasteiger partial charge in [0.1, 0.15) is 12.8 Å². The van der Waals surface area contributed by atoms with Crippen LogP contribution in [0.1, 0.15) is 0 Å². The number of aryl methyl sites for hydroxylation is 1. The minimum atomic E-state index is -0.474. The lowest BCUT2D eigenvalue weighted by Crippen LogP contribution is -2.38. The van der Waals surface area contributed by atoms with E-state index in [1.807, 2.05) is 0 Å². The first-order chi connectivity index (χ1) is 12.1. The molecule has 0 spiro atoms.